The van der Waals surface area contributed by atoms with Gasteiger partial charge in [-0.1, -0.05) is 6.08 Å². The second-order valence-electron chi connectivity index (χ2n) is 3.05. The molecule has 16 heavy (non-hydrogen) atoms. The van der Waals surface area contributed by atoms with Crippen LogP contribution in [0.3, 0.4) is 0 Å². The molecule has 0 aromatic heterocycles. The minimum atomic E-state index is -1.28. The molecule has 0 aromatic rings. The van der Waals surface area contributed by atoms with E-state index in [0.29, 0.717) is 0 Å². The van der Waals surface area contributed by atoms with Crippen molar-refractivity contribution in [2.45, 2.75) is 5.60 Å². The van der Waals surface area contributed by atoms with Crippen molar-refractivity contribution in [2.75, 3.05) is 13.7 Å². The first-order valence-electron chi connectivity index (χ1n) is 4.44. The quantitative estimate of drug-likeness (QED) is 0.413. The van der Waals surface area contributed by atoms with E-state index < -0.39 is 5.60 Å². The maximum atomic E-state index is 11.3. The van der Waals surface area contributed by atoms with E-state index in [4.69, 9.17) is 15.3 Å². The fraction of sp³-hybridized carbons (Fsp3) is 0.300. The smallest absolute Gasteiger partial charge is 0.219 e. The van der Waals surface area contributed by atoms with Crippen molar-refractivity contribution in [1.29, 1.82) is 0 Å². The lowest BCUT2D eigenvalue weighted by Gasteiger charge is -2.23. The average molecular weight is 228 g/mol. The fourth-order valence-corrected chi connectivity index (χ4v) is 1.24. The van der Waals surface area contributed by atoms with Crippen molar-refractivity contribution in [1.82, 2.24) is 0 Å². The lowest BCUT2D eigenvalue weighted by Crippen LogP contribution is -2.28. The van der Waals surface area contributed by atoms with E-state index in [1.807, 2.05) is 0 Å². The van der Waals surface area contributed by atoms with Crippen LogP contribution in [0.2, 0.25) is 0 Å². The van der Waals surface area contributed by atoms with Gasteiger partial charge < -0.3 is 4.74 Å². The summed E-state index contributed by atoms with van der Waals surface area (Å²) in [4.78, 5) is 19.4. The minimum absolute atomic E-state index is 0.0612. The third-order valence-electron chi connectivity index (χ3n) is 2.02. The lowest BCUT2D eigenvalue weighted by molar-refractivity contribution is -0.279. The third-order valence-corrected chi connectivity index (χ3v) is 2.02. The van der Waals surface area contributed by atoms with Crippen LogP contribution in [0.5, 0.6) is 0 Å². The van der Waals surface area contributed by atoms with Crippen molar-refractivity contribution >= 4 is 5.78 Å². The molecule has 0 saturated carbocycles. The normalized spacial score (nSPS) is 24.9. The number of rotatable bonds is 5. The highest BCUT2D eigenvalue weighted by molar-refractivity contribution is 6.03. The molecule has 0 radical (unpaired) electrons. The monoisotopic (exact) mass is 228 g/mol. The second-order valence-corrected chi connectivity index (χ2v) is 3.05. The molecule has 6 nitrogen and oxygen atoms in total. The van der Waals surface area contributed by atoms with Gasteiger partial charge in [-0.15, -0.1) is 0 Å². The van der Waals surface area contributed by atoms with Crippen LogP contribution in [0, 0.1) is 0 Å². The topological polar surface area (TPSA) is 85.2 Å². The fourth-order valence-electron chi connectivity index (χ4n) is 1.24. The summed E-state index contributed by atoms with van der Waals surface area (Å²) in [6.45, 7) is -0.0664. The maximum Gasteiger partial charge on any atom is 0.219 e. The van der Waals surface area contributed by atoms with Gasteiger partial charge in [0.2, 0.25) is 5.78 Å². The molecule has 0 spiro atoms. The zero-order valence-electron chi connectivity index (χ0n) is 8.62. The first kappa shape index (κ1) is 12.6. The van der Waals surface area contributed by atoms with Gasteiger partial charge in [0.05, 0.1) is 7.11 Å². The van der Waals surface area contributed by atoms with Gasteiger partial charge in [-0.25, -0.2) is 9.78 Å². The van der Waals surface area contributed by atoms with Gasteiger partial charge in [0.1, 0.15) is 6.61 Å². The molecular weight excluding hydrogens is 216 g/mol. The summed E-state index contributed by atoms with van der Waals surface area (Å²) >= 11 is 0. The molecular formula is C10H12O6. The highest BCUT2D eigenvalue weighted by atomic mass is 17.1. The van der Waals surface area contributed by atoms with E-state index in [1.54, 1.807) is 0 Å². The van der Waals surface area contributed by atoms with Crippen LogP contribution in [0.25, 0.3) is 0 Å². The van der Waals surface area contributed by atoms with Crippen molar-refractivity contribution in [3.8, 4) is 0 Å². The maximum absolute atomic E-state index is 11.3. The number of methoxy groups -OCH3 is 1. The molecule has 0 aromatic carbocycles. The molecule has 1 aliphatic rings. The molecule has 1 aliphatic carbocycles. The Labute approximate surface area is 91.9 Å². The van der Waals surface area contributed by atoms with Gasteiger partial charge in [-0.3, -0.25) is 15.3 Å². The molecule has 1 atom stereocenters. The number of ketones is 1. The lowest BCUT2D eigenvalue weighted by atomic mass is 9.96. The van der Waals surface area contributed by atoms with Gasteiger partial charge in [0.15, 0.2) is 11.4 Å². The van der Waals surface area contributed by atoms with E-state index in [0.717, 1.165) is 0 Å². The Bertz CT molecular complexity index is 343. The van der Waals surface area contributed by atoms with Gasteiger partial charge >= 0.3 is 0 Å². The van der Waals surface area contributed by atoms with E-state index in [9.17, 15) is 4.79 Å². The number of allylic oxidation sites excluding steroid dienone is 1. The number of hydrogen-bond donors (Lipinski definition) is 2. The van der Waals surface area contributed by atoms with Gasteiger partial charge in [0, 0.05) is 6.08 Å². The Hall–Kier alpha value is -1.47. The molecule has 6 heteroatoms. The predicted molar refractivity (Wildman–Crippen MR) is 53.4 cm³/mol. The van der Waals surface area contributed by atoms with Crippen molar-refractivity contribution in [2.24, 2.45) is 0 Å². The van der Waals surface area contributed by atoms with E-state index in [2.05, 4.69) is 9.78 Å². The van der Waals surface area contributed by atoms with E-state index in [1.165, 1.54) is 37.5 Å². The van der Waals surface area contributed by atoms with Crippen molar-refractivity contribution < 1.29 is 29.8 Å². The zero-order chi connectivity index (χ0) is 12.0. The van der Waals surface area contributed by atoms with Crippen LogP contribution in [-0.4, -0.2) is 35.6 Å². The predicted octanol–water partition coefficient (Wildman–Crippen LogP) is 0.930. The number of ether oxygens (including phenoxy) is 1. The van der Waals surface area contributed by atoms with Gasteiger partial charge in [-0.2, -0.15) is 0 Å². The average Bonchev–Trinajstić information content (AvgIpc) is 2.32. The Morgan fingerprint density at radius 1 is 1.50 bits per heavy atom. The van der Waals surface area contributed by atoms with E-state index in [-0.39, 0.29) is 18.1 Å². The zero-order valence-corrected chi connectivity index (χ0v) is 8.62. The first-order valence-corrected chi connectivity index (χ1v) is 4.44. The molecule has 1 unspecified atom stereocenters. The first-order chi connectivity index (χ1) is 7.67. The number of hydrogen-bond acceptors (Lipinski definition) is 6. The molecule has 0 saturated heterocycles. The van der Waals surface area contributed by atoms with E-state index >= 15 is 0 Å². The van der Waals surface area contributed by atoms with Gasteiger partial charge in [0.25, 0.3) is 0 Å². The molecule has 88 valence electrons. The molecule has 0 amide bonds. The molecule has 0 aliphatic heterocycles. The molecule has 0 heterocycles. The largest absolute Gasteiger partial charge is 0.493 e. The minimum Gasteiger partial charge on any atom is -0.493 e. The molecule has 2 N–H and O–H groups in total. The van der Waals surface area contributed by atoms with Crippen LogP contribution in [0.4, 0.5) is 0 Å². The molecule has 0 bridgehead atoms. The van der Waals surface area contributed by atoms with Crippen LogP contribution < -0.4 is 0 Å². The summed E-state index contributed by atoms with van der Waals surface area (Å²) in [5, 5.41) is 16.9. The van der Waals surface area contributed by atoms with Crippen LogP contribution in [0.15, 0.2) is 36.1 Å². The Morgan fingerprint density at radius 2 is 2.25 bits per heavy atom. The Kier molecular flexibility index (Phi) is 4.39. The molecule has 0 fully saturated rings. The van der Waals surface area contributed by atoms with Gasteiger partial charge in [-0.05, 0) is 18.2 Å². The number of carbonyl (C=O) groups excluding carboxylic acids is 1. The summed E-state index contributed by atoms with van der Waals surface area (Å²) in [5.74, 6) is -0.256. The summed E-state index contributed by atoms with van der Waals surface area (Å²) in [6.07, 6.45) is 6.71. The summed E-state index contributed by atoms with van der Waals surface area (Å²) in [5.41, 5.74) is -1.28. The summed E-state index contributed by atoms with van der Waals surface area (Å²) < 4.78 is 4.82. The highest BCUT2D eigenvalue weighted by Gasteiger charge is 2.29. The Morgan fingerprint density at radius 3 is 2.81 bits per heavy atom. The van der Waals surface area contributed by atoms with Crippen LogP contribution in [0.1, 0.15) is 0 Å². The molecule has 1 rings (SSSR count). The van der Waals surface area contributed by atoms with Crippen molar-refractivity contribution in [3.63, 3.8) is 0 Å². The summed E-state index contributed by atoms with van der Waals surface area (Å²) in [7, 11) is 1.34. The standard InChI is InChI=1S/C10H12O6/c1-14-9-7-10(16-13,4-2-6-15-12)5-3-8(9)11/h2-5,7,12-13H,6H2,1H3. The van der Waals surface area contributed by atoms with Crippen LogP contribution in [-0.2, 0) is 19.3 Å². The second kappa shape index (κ2) is 5.57. The Balaban J connectivity index is 2.92. The SMILES string of the molecule is COC1=CC(C=CCOO)(OO)C=CC1=O. The highest BCUT2D eigenvalue weighted by Crippen LogP contribution is 2.23. The summed E-state index contributed by atoms with van der Waals surface area (Å²) in [6, 6.07) is 0. The van der Waals surface area contributed by atoms with Crippen LogP contribution >= 0.6 is 0 Å². The van der Waals surface area contributed by atoms with Crippen molar-refractivity contribution in [3.05, 3.63) is 36.1 Å². The third kappa shape index (κ3) is 2.77. The number of carbonyl (C=O) groups is 1.